The van der Waals surface area contributed by atoms with Crippen LogP contribution in [0.3, 0.4) is 0 Å². The highest BCUT2D eigenvalue weighted by molar-refractivity contribution is 5.24. The molecule has 0 saturated carbocycles. The fourth-order valence-corrected chi connectivity index (χ4v) is 1.69. The largest absolute Gasteiger partial charge is 0.396 e. The van der Waals surface area contributed by atoms with Crippen LogP contribution >= 0.6 is 0 Å². The van der Waals surface area contributed by atoms with Gasteiger partial charge in [-0.05, 0) is 18.9 Å². The zero-order chi connectivity index (χ0) is 11.3. The van der Waals surface area contributed by atoms with Crippen LogP contribution in [0.15, 0.2) is 30.3 Å². The van der Waals surface area contributed by atoms with E-state index in [0.29, 0.717) is 6.42 Å². The summed E-state index contributed by atoms with van der Waals surface area (Å²) in [7, 11) is 0. The van der Waals surface area contributed by atoms with E-state index >= 15 is 0 Å². The molecule has 1 atom stereocenters. The Morgan fingerprint density at radius 3 is 2.47 bits per heavy atom. The predicted molar refractivity (Wildman–Crippen MR) is 57.4 cm³/mol. The van der Waals surface area contributed by atoms with Crippen molar-refractivity contribution in [2.24, 2.45) is 0 Å². The first-order chi connectivity index (χ1) is 7.08. The van der Waals surface area contributed by atoms with Crippen molar-refractivity contribution >= 4 is 0 Å². The molecule has 82 valence electrons. The van der Waals surface area contributed by atoms with Crippen molar-refractivity contribution in [3.63, 3.8) is 0 Å². The molecule has 0 heterocycles. The van der Waals surface area contributed by atoms with E-state index in [9.17, 15) is 10.1 Å². The standard InChI is InChI=1S/C11H15NO3/c1-11(7-8-13,9-12(14)15)10-5-3-2-4-6-10/h2-6,13H,7-9H2,1H3. The average Bonchev–Trinajstić information content (AvgIpc) is 2.18. The number of benzene rings is 1. The lowest BCUT2D eigenvalue weighted by Gasteiger charge is -2.24. The third-order valence-electron chi connectivity index (χ3n) is 2.61. The molecular formula is C11H15NO3. The van der Waals surface area contributed by atoms with Crippen molar-refractivity contribution < 1.29 is 10.0 Å². The van der Waals surface area contributed by atoms with Gasteiger partial charge < -0.3 is 5.11 Å². The van der Waals surface area contributed by atoms with Gasteiger partial charge in [0.05, 0.1) is 5.41 Å². The van der Waals surface area contributed by atoms with E-state index in [0.717, 1.165) is 5.56 Å². The maximum atomic E-state index is 10.6. The third-order valence-corrected chi connectivity index (χ3v) is 2.61. The molecule has 1 unspecified atom stereocenters. The summed E-state index contributed by atoms with van der Waals surface area (Å²) in [5.74, 6) is 0. The van der Waals surface area contributed by atoms with Crippen LogP contribution in [0.5, 0.6) is 0 Å². The first-order valence-electron chi connectivity index (χ1n) is 4.87. The van der Waals surface area contributed by atoms with Gasteiger partial charge in [-0.3, -0.25) is 10.1 Å². The second-order valence-corrected chi connectivity index (χ2v) is 3.89. The van der Waals surface area contributed by atoms with Gasteiger partial charge >= 0.3 is 0 Å². The quantitative estimate of drug-likeness (QED) is 0.591. The van der Waals surface area contributed by atoms with Gasteiger partial charge in [0.1, 0.15) is 0 Å². The summed E-state index contributed by atoms with van der Waals surface area (Å²) < 4.78 is 0. The number of aliphatic hydroxyl groups excluding tert-OH is 1. The van der Waals surface area contributed by atoms with Crippen LogP contribution in [-0.4, -0.2) is 23.2 Å². The fourth-order valence-electron chi connectivity index (χ4n) is 1.69. The van der Waals surface area contributed by atoms with Gasteiger partial charge in [0.25, 0.3) is 0 Å². The molecule has 0 spiro atoms. The van der Waals surface area contributed by atoms with Gasteiger partial charge in [-0.1, -0.05) is 30.3 Å². The molecule has 4 heteroatoms. The van der Waals surface area contributed by atoms with Crippen LogP contribution in [0.1, 0.15) is 18.9 Å². The van der Waals surface area contributed by atoms with Crippen molar-refractivity contribution in [3.8, 4) is 0 Å². The highest BCUT2D eigenvalue weighted by Gasteiger charge is 2.31. The van der Waals surface area contributed by atoms with Gasteiger partial charge in [0.15, 0.2) is 0 Å². The lowest BCUT2D eigenvalue weighted by Crippen LogP contribution is -2.32. The SMILES string of the molecule is CC(CCO)(C[N+](=O)[O-])c1ccccc1. The Morgan fingerprint density at radius 2 is 2.00 bits per heavy atom. The Morgan fingerprint density at radius 1 is 1.40 bits per heavy atom. The Labute approximate surface area is 88.7 Å². The van der Waals surface area contributed by atoms with Crippen molar-refractivity contribution in [2.75, 3.05) is 13.2 Å². The van der Waals surface area contributed by atoms with E-state index in [4.69, 9.17) is 5.11 Å². The van der Waals surface area contributed by atoms with Crippen LogP contribution in [0, 0.1) is 10.1 Å². The monoisotopic (exact) mass is 209 g/mol. The van der Waals surface area contributed by atoms with Crippen LogP contribution < -0.4 is 0 Å². The molecule has 1 rings (SSSR count). The molecule has 4 nitrogen and oxygen atoms in total. The molecule has 0 fully saturated rings. The summed E-state index contributed by atoms with van der Waals surface area (Å²) in [6.07, 6.45) is 0.401. The van der Waals surface area contributed by atoms with E-state index in [1.165, 1.54) is 0 Å². The van der Waals surface area contributed by atoms with Crippen molar-refractivity contribution in [2.45, 2.75) is 18.8 Å². The van der Waals surface area contributed by atoms with E-state index in [1.807, 2.05) is 30.3 Å². The molecular weight excluding hydrogens is 194 g/mol. The maximum absolute atomic E-state index is 10.6. The molecule has 1 aromatic carbocycles. The van der Waals surface area contributed by atoms with Crippen molar-refractivity contribution in [1.82, 2.24) is 0 Å². The molecule has 0 aliphatic heterocycles. The third kappa shape index (κ3) is 3.02. The summed E-state index contributed by atoms with van der Waals surface area (Å²) >= 11 is 0. The fraction of sp³-hybridized carbons (Fsp3) is 0.455. The van der Waals surface area contributed by atoms with Crippen molar-refractivity contribution in [1.29, 1.82) is 0 Å². The van der Waals surface area contributed by atoms with Crippen LogP contribution in [0.25, 0.3) is 0 Å². The van der Waals surface area contributed by atoms with Gasteiger partial charge in [0, 0.05) is 11.5 Å². The van der Waals surface area contributed by atoms with Gasteiger partial charge in [-0.15, -0.1) is 0 Å². The first kappa shape index (κ1) is 11.7. The molecule has 0 saturated heterocycles. The van der Waals surface area contributed by atoms with Gasteiger partial charge in [-0.2, -0.15) is 0 Å². The minimum Gasteiger partial charge on any atom is -0.396 e. The second kappa shape index (κ2) is 4.89. The topological polar surface area (TPSA) is 63.4 Å². The summed E-state index contributed by atoms with van der Waals surface area (Å²) in [5, 5.41) is 19.5. The number of rotatable bonds is 5. The van der Waals surface area contributed by atoms with Crippen LogP contribution in [0.2, 0.25) is 0 Å². The zero-order valence-electron chi connectivity index (χ0n) is 8.72. The summed E-state index contributed by atoms with van der Waals surface area (Å²) in [4.78, 5) is 10.3. The lowest BCUT2D eigenvalue weighted by molar-refractivity contribution is -0.490. The zero-order valence-corrected chi connectivity index (χ0v) is 8.72. The number of nitrogens with zero attached hydrogens (tertiary/aromatic N) is 1. The molecule has 0 aliphatic carbocycles. The molecule has 0 aliphatic rings. The summed E-state index contributed by atoms with van der Waals surface area (Å²) in [6.45, 7) is 1.61. The first-order valence-corrected chi connectivity index (χ1v) is 4.87. The average molecular weight is 209 g/mol. The second-order valence-electron chi connectivity index (χ2n) is 3.89. The van der Waals surface area contributed by atoms with E-state index in [1.54, 1.807) is 6.92 Å². The normalized spacial score (nSPS) is 14.5. The Kier molecular flexibility index (Phi) is 3.80. The van der Waals surface area contributed by atoms with E-state index in [-0.39, 0.29) is 18.1 Å². The van der Waals surface area contributed by atoms with Gasteiger partial charge in [-0.25, -0.2) is 0 Å². The molecule has 0 radical (unpaired) electrons. The molecule has 0 amide bonds. The number of nitro groups is 1. The summed E-state index contributed by atoms with van der Waals surface area (Å²) in [6, 6.07) is 9.29. The Balaban J connectivity index is 2.95. The lowest BCUT2D eigenvalue weighted by atomic mass is 9.80. The molecule has 1 aromatic rings. The number of aliphatic hydroxyl groups is 1. The van der Waals surface area contributed by atoms with Crippen molar-refractivity contribution in [3.05, 3.63) is 46.0 Å². The van der Waals surface area contributed by atoms with E-state index in [2.05, 4.69) is 0 Å². The van der Waals surface area contributed by atoms with E-state index < -0.39 is 5.41 Å². The Hall–Kier alpha value is -1.42. The summed E-state index contributed by atoms with van der Waals surface area (Å²) in [5.41, 5.74) is 0.315. The van der Waals surface area contributed by atoms with Gasteiger partial charge in [0.2, 0.25) is 6.54 Å². The molecule has 1 N–H and O–H groups in total. The van der Waals surface area contributed by atoms with Crippen LogP contribution in [-0.2, 0) is 5.41 Å². The highest BCUT2D eigenvalue weighted by atomic mass is 16.6. The predicted octanol–water partition coefficient (Wildman–Crippen LogP) is 1.60. The number of hydrogen-bond donors (Lipinski definition) is 1. The minimum absolute atomic E-state index is 0.0424. The maximum Gasteiger partial charge on any atom is 0.213 e. The number of hydrogen-bond acceptors (Lipinski definition) is 3. The molecule has 15 heavy (non-hydrogen) atoms. The highest BCUT2D eigenvalue weighted by Crippen LogP contribution is 2.27. The van der Waals surface area contributed by atoms with Crippen LogP contribution in [0.4, 0.5) is 0 Å². The molecule has 0 bridgehead atoms. The molecule has 0 aromatic heterocycles. The minimum atomic E-state index is -0.584. The Bertz CT molecular complexity index is 326. The smallest absolute Gasteiger partial charge is 0.213 e.